The molecule has 2 aromatic carbocycles. The molecule has 0 aliphatic carbocycles. The Morgan fingerprint density at radius 1 is 1.03 bits per heavy atom. The van der Waals surface area contributed by atoms with E-state index in [1.807, 2.05) is 50.2 Å². The number of anilines is 1. The van der Waals surface area contributed by atoms with Crippen molar-refractivity contribution in [2.24, 2.45) is 4.99 Å². The van der Waals surface area contributed by atoms with E-state index in [-0.39, 0.29) is 35.9 Å². The van der Waals surface area contributed by atoms with Crippen LogP contribution in [0, 0.1) is 0 Å². The van der Waals surface area contributed by atoms with Crippen LogP contribution in [-0.4, -0.2) is 45.3 Å². The third-order valence-corrected chi connectivity index (χ3v) is 4.46. The summed E-state index contributed by atoms with van der Waals surface area (Å²) < 4.78 is 17.1. The molecule has 9 heteroatoms. The smallest absolute Gasteiger partial charge is 0.221 e. The summed E-state index contributed by atoms with van der Waals surface area (Å²) in [6.07, 6.45) is 0. The Labute approximate surface area is 213 Å². The highest BCUT2D eigenvalue weighted by molar-refractivity contribution is 14.0. The second-order valence-electron chi connectivity index (χ2n) is 6.99. The minimum absolute atomic E-state index is 0. The van der Waals surface area contributed by atoms with Gasteiger partial charge in [0.2, 0.25) is 5.91 Å². The van der Waals surface area contributed by atoms with Gasteiger partial charge in [-0.25, -0.2) is 0 Å². The van der Waals surface area contributed by atoms with Crippen LogP contribution in [0.4, 0.5) is 5.69 Å². The lowest BCUT2D eigenvalue weighted by atomic mass is 10.1. The van der Waals surface area contributed by atoms with Gasteiger partial charge in [0.05, 0.1) is 25.8 Å². The molecule has 1 atom stereocenters. The zero-order valence-electron chi connectivity index (χ0n) is 19.9. The van der Waals surface area contributed by atoms with E-state index in [2.05, 4.69) is 27.9 Å². The molecule has 0 radical (unpaired) electrons. The molecule has 0 heterocycles. The van der Waals surface area contributed by atoms with Crippen molar-refractivity contribution in [1.82, 2.24) is 10.6 Å². The predicted octanol–water partition coefficient (Wildman–Crippen LogP) is 4.37. The number of carbonyl (C=O) groups excluding carboxylic acids is 1. The van der Waals surface area contributed by atoms with E-state index in [9.17, 15) is 4.79 Å². The molecule has 0 fully saturated rings. The van der Waals surface area contributed by atoms with Crippen molar-refractivity contribution in [2.45, 2.75) is 33.7 Å². The molecule has 0 saturated heterocycles. The molecule has 182 valence electrons. The highest BCUT2D eigenvalue weighted by Gasteiger charge is 2.12. The number of aliphatic imine (C=N–C) groups is 1. The van der Waals surface area contributed by atoms with Crippen molar-refractivity contribution in [2.75, 3.05) is 38.7 Å². The number of amides is 1. The van der Waals surface area contributed by atoms with E-state index in [0.717, 1.165) is 17.1 Å². The summed E-state index contributed by atoms with van der Waals surface area (Å²) >= 11 is 0. The van der Waals surface area contributed by atoms with Crippen molar-refractivity contribution < 1.29 is 19.0 Å². The molecule has 1 unspecified atom stereocenters. The number of nitrogens with zero attached hydrogens (tertiary/aromatic N) is 1. The highest BCUT2D eigenvalue weighted by Crippen LogP contribution is 2.30. The minimum atomic E-state index is -0.117. The van der Waals surface area contributed by atoms with Gasteiger partial charge in [-0.2, -0.15) is 0 Å². The van der Waals surface area contributed by atoms with Gasteiger partial charge >= 0.3 is 0 Å². The molecule has 2 rings (SSSR count). The molecule has 2 aromatic rings. The lowest BCUT2D eigenvalue weighted by Gasteiger charge is -2.20. The predicted molar refractivity (Wildman–Crippen MR) is 143 cm³/mol. The number of nitrogens with one attached hydrogen (secondary N) is 3. The summed E-state index contributed by atoms with van der Waals surface area (Å²) in [6.45, 7) is 9.59. The standard InChI is InChI=1S/C24H34N4O4.HI/c1-6-30-22-12-11-19(15-23(22)31-7-2)17(3)27-24(25-5)26-13-14-32-21-10-8-9-20(16-21)28-18(4)29;/h8-12,15-17H,6-7,13-14H2,1-5H3,(H,28,29)(H2,25,26,27);1H. The molecule has 0 aliphatic heterocycles. The summed E-state index contributed by atoms with van der Waals surface area (Å²) in [5.41, 5.74) is 1.77. The normalized spacial score (nSPS) is 11.6. The van der Waals surface area contributed by atoms with Crippen molar-refractivity contribution in [3.63, 3.8) is 0 Å². The Hall–Kier alpha value is -2.69. The van der Waals surface area contributed by atoms with Crippen molar-refractivity contribution in [3.8, 4) is 17.2 Å². The average molecular weight is 570 g/mol. The van der Waals surface area contributed by atoms with E-state index < -0.39 is 0 Å². The maximum atomic E-state index is 11.2. The Balaban J connectivity index is 0.00000544. The van der Waals surface area contributed by atoms with E-state index in [0.29, 0.717) is 43.8 Å². The van der Waals surface area contributed by atoms with Crippen LogP contribution in [0.3, 0.4) is 0 Å². The van der Waals surface area contributed by atoms with Gasteiger partial charge in [-0.3, -0.25) is 9.79 Å². The van der Waals surface area contributed by atoms with Gasteiger partial charge in [0.25, 0.3) is 0 Å². The first-order chi connectivity index (χ1) is 15.5. The first-order valence-corrected chi connectivity index (χ1v) is 10.8. The lowest BCUT2D eigenvalue weighted by Crippen LogP contribution is -2.40. The molecule has 8 nitrogen and oxygen atoms in total. The highest BCUT2D eigenvalue weighted by atomic mass is 127. The fourth-order valence-corrected chi connectivity index (χ4v) is 3.03. The van der Waals surface area contributed by atoms with Crippen LogP contribution in [0.25, 0.3) is 0 Å². The molecular formula is C24H35IN4O4. The van der Waals surface area contributed by atoms with Gasteiger partial charge in [-0.15, -0.1) is 24.0 Å². The Morgan fingerprint density at radius 2 is 1.76 bits per heavy atom. The Bertz CT molecular complexity index is 908. The maximum Gasteiger partial charge on any atom is 0.221 e. The topological polar surface area (TPSA) is 93.2 Å². The molecule has 0 spiro atoms. The molecule has 3 N–H and O–H groups in total. The fourth-order valence-electron chi connectivity index (χ4n) is 3.03. The lowest BCUT2D eigenvalue weighted by molar-refractivity contribution is -0.114. The van der Waals surface area contributed by atoms with Crippen LogP contribution < -0.4 is 30.2 Å². The number of halogens is 1. The molecular weight excluding hydrogens is 535 g/mol. The minimum Gasteiger partial charge on any atom is -0.492 e. The summed E-state index contributed by atoms with van der Waals surface area (Å²) in [6, 6.07) is 13.2. The Morgan fingerprint density at radius 3 is 2.42 bits per heavy atom. The first kappa shape index (κ1) is 28.3. The monoisotopic (exact) mass is 570 g/mol. The van der Waals surface area contributed by atoms with E-state index in [4.69, 9.17) is 14.2 Å². The SMILES string of the molecule is CCOc1ccc(C(C)NC(=NC)NCCOc2cccc(NC(C)=O)c2)cc1OCC.I. The average Bonchev–Trinajstić information content (AvgIpc) is 2.77. The Kier molecular flexibility index (Phi) is 13.1. The van der Waals surface area contributed by atoms with Gasteiger partial charge in [-0.05, 0) is 50.6 Å². The van der Waals surface area contributed by atoms with Crippen LogP contribution in [0.1, 0.15) is 39.3 Å². The molecule has 1 amide bonds. The van der Waals surface area contributed by atoms with Crippen LogP contribution in [-0.2, 0) is 4.79 Å². The molecule has 0 bridgehead atoms. The summed E-state index contributed by atoms with van der Waals surface area (Å²) in [7, 11) is 1.73. The fraction of sp³-hybridized carbons (Fsp3) is 0.417. The number of carbonyl (C=O) groups is 1. The van der Waals surface area contributed by atoms with Gasteiger partial charge in [0, 0.05) is 25.7 Å². The number of hydrogen-bond donors (Lipinski definition) is 3. The maximum absolute atomic E-state index is 11.2. The number of guanidine groups is 1. The first-order valence-electron chi connectivity index (χ1n) is 10.8. The van der Waals surface area contributed by atoms with Crippen molar-refractivity contribution >= 4 is 41.5 Å². The largest absolute Gasteiger partial charge is 0.492 e. The van der Waals surface area contributed by atoms with E-state index in [1.54, 1.807) is 13.1 Å². The third-order valence-electron chi connectivity index (χ3n) is 4.46. The van der Waals surface area contributed by atoms with Gasteiger partial charge in [0.1, 0.15) is 12.4 Å². The summed E-state index contributed by atoms with van der Waals surface area (Å²) in [5, 5.41) is 9.36. The van der Waals surface area contributed by atoms with Gasteiger partial charge in [-0.1, -0.05) is 12.1 Å². The second-order valence-corrected chi connectivity index (χ2v) is 6.99. The number of rotatable bonds is 11. The van der Waals surface area contributed by atoms with E-state index in [1.165, 1.54) is 6.92 Å². The zero-order valence-corrected chi connectivity index (χ0v) is 22.3. The van der Waals surface area contributed by atoms with Gasteiger partial charge in [0.15, 0.2) is 17.5 Å². The summed E-state index contributed by atoms with van der Waals surface area (Å²) in [5.74, 6) is 2.71. The number of hydrogen-bond acceptors (Lipinski definition) is 5. The van der Waals surface area contributed by atoms with Crippen LogP contribution in [0.2, 0.25) is 0 Å². The number of ether oxygens (including phenoxy) is 3. The second kappa shape index (κ2) is 15.2. The van der Waals surface area contributed by atoms with Crippen molar-refractivity contribution in [1.29, 1.82) is 0 Å². The van der Waals surface area contributed by atoms with E-state index >= 15 is 0 Å². The molecule has 33 heavy (non-hydrogen) atoms. The van der Waals surface area contributed by atoms with Crippen LogP contribution in [0.15, 0.2) is 47.5 Å². The van der Waals surface area contributed by atoms with Crippen LogP contribution in [0.5, 0.6) is 17.2 Å². The quantitative estimate of drug-likeness (QED) is 0.161. The number of benzene rings is 2. The summed E-state index contributed by atoms with van der Waals surface area (Å²) in [4.78, 5) is 15.5. The van der Waals surface area contributed by atoms with Crippen LogP contribution >= 0.6 is 24.0 Å². The van der Waals surface area contributed by atoms with Gasteiger partial charge < -0.3 is 30.2 Å². The molecule has 0 aromatic heterocycles. The zero-order chi connectivity index (χ0) is 23.3. The third kappa shape index (κ3) is 9.77. The molecule has 0 aliphatic rings. The molecule has 0 saturated carbocycles. The van der Waals surface area contributed by atoms with Crippen molar-refractivity contribution in [3.05, 3.63) is 48.0 Å².